The second kappa shape index (κ2) is 7.37. The molecule has 1 N–H and O–H groups in total. The third-order valence-electron chi connectivity index (χ3n) is 3.89. The van der Waals surface area contributed by atoms with E-state index in [4.69, 9.17) is 4.74 Å². The van der Waals surface area contributed by atoms with E-state index < -0.39 is 34.9 Å². The summed E-state index contributed by atoms with van der Waals surface area (Å²) in [6.07, 6.45) is -9.12. The van der Waals surface area contributed by atoms with Crippen molar-refractivity contribution < 1.29 is 35.9 Å². The summed E-state index contributed by atoms with van der Waals surface area (Å²) in [5, 5.41) is 0. The summed E-state index contributed by atoms with van der Waals surface area (Å²) >= 11 is 0. The summed E-state index contributed by atoms with van der Waals surface area (Å²) in [7, 11) is 0. The van der Waals surface area contributed by atoms with E-state index in [2.05, 4.69) is 10.3 Å². The third kappa shape index (κ3) is 6.76. The molecule has 9 heteroatoms. The lowest BCUT2D eigenvalue weighted by Crippen LogP contribution is -2.48. The molecule has 1 atom stereocenters. The molecule has 0 aromatic carbocycles. The van der Waals surface area contributed by atoms with Gasteiger partial charge in [-0.05, 0) is 33.1 Å². The van der Waals surface area contributed by atoms with Crippen LogP contribution in [0.15, 0.2) is 0 Å². The molecule has 0 aliphatic heterocycles. The Labute approximate surface area is 139 Å². The van der Waals surface area contributed by atoms with Gasteiger partial charge in [0.15, 0.2) is 11.2 Å². The SMILES string of the molecule is CC(C)(C)C(CNOC(C)(C)C(F)(F)F)COC(C)(C)C(F)(F)F. The van der Waals surface area contributed by atoms with Gasteiger partial charge in [-0.1, -0.05) is 20.8 Å². The zero-order valence-electron chi connectivity index (χ0n) is 15.1. The second-order valence-electron chi connectivity index (χ2n) is 7.84. The van der Waals surface area contributed by atoms with E-state index in [9.17, 15) is 26.3 Å². The van der Waals surface area contributed by atoms with Crippen LogP contribution in [0.4, 0.5) is 26.3 Å². The van der Waals surface area contributed by atoms with Gasteiger partial charge < -0.3 is 4.74 Å². The lowest BCUT2D eigenvalue weighted by Gasteiger charge is -2.36. The molecule has 0 saturated carbocycles. The molecule has 0 radical (unpaired) electrons. The van der Waals surface area contributed by atoms with Gasteiger partial charge in [-0.3, -0.25) is 4.84 Å². The van der Waals surface area contributed by atoms with Gasteiger partial charge in [-0.2, -0.15) is 26.3 Å². The molecule has 0 aliphatic rings. The average Bonchev–Trinajstić information content (AvgIpc) is 2.28. The molecule has 0 heterocycles. The Morgan fingerprint density at radius 3 is 1.50 bits per heavy atom. The molecule has 3 nitrogen and oxygen atoms in total. The van der Waals surface area contributed by atoms with Crippen LogP contribution < -0.4 is 5.48 Å². The number of alkyl halides is 6. The summed E-state index contributed by atoms with van der Waals surface area (Å²) in [4.78, 5) is 4.67. The molecule has 0 aromatic rings. The highest BCUT2D eigenvalue weighted by atomic mass is 19.4. The van der Waals surface area contributed by atoms with Crippen LogP contribution in [0.3, 0.4) is 0 Å². The van der Waals surface area contributed by atoms with Crippen molar-refractivity contribution in [3.05, 3.63) is 0 Å². The van der Waals surface area contributed by atoms with Crippen LogP contribution in [0.1, 0.15) is 48.5 Å². The van der Waals surface area contributed by atoms with Crippen molar-refractivity contribution in [3.63, 3.8) is 0 Å². The first-order chi connectivity index (χ1) is 10.3. The zero-order chi connectivity index (χ0) is 19.6. The predicted molar refractivity (Wildman–Crippen MR) is 78.3 cm³/mol. The van der Waals surface area contributed by atoms with Crippen LogP contribution in [0.5, 0.6) is 0 Å². The Hall–Kier alpha value is -0.540. The Kier molecular flexibility index (Phi) is 7.21. The standard InChI is InChI=1S/C15H27F6NO2/c1-11(2,3)10(9-23-12(4,5)14(16,17)18)8-22-24-13(6,7)15(19,20)21/h10,22H,8-9H2,1-7H3. The molecule has 0 bridgehead atoms. The van der Waals surface area contributed by atoms with Crippen molar-refractivity contribution in [2.24, 2.45) is 11.3 Å². The number of hydrogen-bond donors (Lipinski definition) is 1. The lowest BCUT2D eigenvalue weighted by atomic mass is 9.81. The quantitative estimate of drug-likeness (QED) is 0.514. The van der Waals surface area contributed by atoms with Crippen LogP contribution in [-0.4, -0.2) is 36.7 Å². The number of rotatable bonds is 7. The minimum atomic E-state index is -4.58. The van der Waals surface area contributed by atoms with Crippen molar-refractivity contribution in [1.29, 1.82) is 0 Å². The van der Waals surface area contributed by atoms with Gasteiger partial charge in [-0.25, -0.2) is 5.48 Å². The number of halogens is 6. The zero-order valence-corrected chi connectivity index (χ0v) is 15.1. The van der Waals surface area contributed by atoms with Crippen LogP contribution in [0, 0.1) is 11.3 Å². The summed E-state index contributed by atoms with van der Waals surface area (Å²) in [6.45, 7) is 8.45. The summed E-state index contributed by atoms with van der Waals surface area (Å²) in [5.74, 6) is -0.497. The Bertz CT molecular complexity index is 396. The van der Waals surface area contributed by atoms with Crippen molar-refractivity contribution >= 4 is 0 Å². The molecule has 0 aliphatic carbocycles. The Morgan fingerprint density at radius 2 is 1.17 bits per heavy atom. The van der Waals surface area contributed by atoms with Crippen LogP contribution in [0.2, 0.25) is 0 Å². The number of nitrogens with one attached hydrogen (secondary N) is 1. The van der Waals surface area contributed by atoms with Gasteiger partial charge in [0.05, 0.1) is 6.61 Å². The molecule has 0 fully saturated rings. The highest BCUT2D eigenvalue weighted by molar-refractivity contribution is 4.82. The van der Waals surface area contributed by atoms with Crippen molar-refractivity contribution in [3.8, 4) is 0 Å². The maximum absolute atomic E-state index is 12.8. The first kappa shape index (κ1) is 23.5. The lowest BCUT2D eigenvalue weighted by molar-refractivity contribution is -0.286. The Balaban J connectivity index is 4.79. The molecule has 0 amide bonds. The first-order valence-electron chi connectivity index (χ1n) is 7.49. The normalized spacial score (nSPS) is 16.4. The Morgan fingerprint density at radius 1 is 0.750 bits per heavy atom. The fourth-order valence-electron chi connectivity index (χ4n) is 1.39. The van der Waals surface area contributed by atoms with E-state index in [1.807, 2.05) is 0 Å². The van der Waals surface area contributed by atoms with Gasteiger partial charge in [0, 0.05) is 12.5 Å². The van der Waals surface area contributed by atoms with E-state index in [1.54, 1.807) is 20.8 Å². The van der Waals surface area contributed by atoms with Crippen molar-refractivity contribution in [2.45, 2.75) is 72.0 Å². The smallest absolute Gasteiger partial charge is 0.366 e. The summed E-state index contributed by atoms with van der Waals surface area (Å²) in [6, 6.07) is 0. The summed E-state index contributed by atoms with van der Waals surface area (Å²) in [5.41, 5.74) is -3.03. The highest BCUT2D eigenvalue weighted by Crippen LogP contribution is 2.35. The average molecular weight is 367 g/mol. The monoisotopic (exact) mass is 367 g/mol. The predicted octanol–water partition coefficient (Wildman–Crippen LogP) is 4.87. The fourth-order valence-corrected chi connectivity index (χ4v) is 1.39. The second-order valence-corrected chi connectivity index (χ2v) is 7.84. The number of hydrogen-bond acceptors (Lipinski definition) is 3. The van der Waals surface area contributed by atoms with Gasteiger partial charge in [0.1, 0.15) is 0 Å². The van der Waals surface area contributed by atoms with E-state index in [0.29, 0.717) is 0 Å². The molecular weight excluding hydrogens is 340 g/mol. The molecule has 0 spiro atoms. The van der Waals surface area contributed by atoms with E-state index in [1.165, 1.54) is 0 Å². The van der Waals surface area contributed by atoms with Crippen molar-refractivity contribution in [2.75, 3.05) is 13.2 Å². The minimum absolute atomic E-state index is 0.0864. The largest absolute Gasteiger partial charge is 0.418 e. The van der Waals surface area contributed by atoms with Gasteiger partial charge >= 0.3 is 12.4 Å². The van der Waals surface area contributed by atoms with E-state index in [0.717, 1.165) is 27.7 Å². The maximum Gasteiger partial charge on any atom is 0.418 e. The molecule has 0 aromatic heterocycles. The van der Waals surface area contributed by atoms with Crippen LogP contribution in [-0.2, 0) is 9.57 Å². The third-order valence-corrected chi connectivity index (χ3v) is 3.89. The van der Waals surface area contributed by atoms with Gasteiger partial charge in [0.25, 0.3) is 0 Å². The first-order valence-corrected chi connectivity index (χ1v) is 7.49. The minimum Gasteiger partial charge on any atom is -0.366 e. The molecule has 146 valence electrons. The molecule has 0 saturated heterocycles. The highest BCUT2D eigenvalue weighted by Gasteiger charge is 2.50. The van der Waals surface area contributed by atoms with Crippen LogP contribution >= 0.6 is 0 Å². The molecule has 24 heavy (non-hydrogen) atoms. The van der Waals surface area contributed by atoms with E-state index in [-0.39, 0.29) is 13.2 Å². The molecule has 0 rings (SSSR count). The maximum atomic E-state index is 12.8. The van der Waals surface area contributed by atoms with E-state index >= 15 is 0 Å². The number of ether oxygens (including phenoxy) is 1. The van der Waals surface area contributed by atoms with Gasteiger partial charge in [-0.15, -0.1) is 0 Å². The molecular formula is C15H27F6NO2. The summed E-state index contributed by atoms with van der Waals surface area (Å²) < 4.78 is 81.6. The van der Waals surface area contributed by atoms with Gasteiger partial charge in [0.2, 0.25) is 0 Å². The fraction of sp³-hybridized carbons (Fsp3) is 1.00. The van der Waals surface area contributed by atoms with Crippen molar-refractivity contribution in [1.82, 2.24) is 5.48 Å². The van der Waals surface area contributed by atoms with Crippen LogP contribution in [0.25, 0.3) is 0 Å². The topological polar surface area (TPSA) is 30.5 Å². The molecule has 1 unspecified atom stereocenters. The number of hydroxylamine groups is 1.